The van der Waals surface area contributed by atoms with Gasteiger partial charge in [0.1, 0.15) is 0 Å². The molecule has 1 aromatic heterocycles. The normalized spacial score (nSPS) is 10.5. The molecule has 0 fully saturated rings. The Labute approximate surface area is 119 Å². The number of aryl methyl sites for hydroxylation is 1. The number of aromatic nitrogens is 2. The van der Waals surface area contributed by atoms with Crippen molar-refractivity contribution in [3.63, 3.8) is 0 Å². The van der Waals surface area contributed by atoms with Crippen molar-refractivity contribution in [2.24, 2.45) is 0 Å². The van der Waals surface area contributed by atoms with Crippen LogP contribution in [0.1, 0.15) is 22.1 Å². The number of carbonyl (C=O) groups excluding carboxylic acids is 1. The lowest BCUT2D eigenvalue weighted by Crippen LogP contribution is -2.25. The summed E-state index contributed by atoms with van der Waals surface area (Å²) in [6.45, 7) is 2.13. The zero-order valence-electron chi connectivity index (χ0n) is 10.1. The van der Waals surface area contributed by atoms with Crippen LogP contribution in [0.3, 0.4) is 0 Å². The number of carbonyl (C=O) groups is 1. The fourth-order valence-electron chi connectivity index (χ4n) is 1.51. The largest absolute Gasteiger partial charge is 0.352 e. The van der Waals surface area contributed by atoms with Crippen LogP contribution in [0, 0.1) is 6.92 Å². The Morgan fingerprint density at radius 2 is 2.00 bits per heavy atom. The molecular weight excluding hydrogens is 289 g/mol. The molecule has 2 rings (SSSR count). The van der Waals surface area contributed by atoms with Crippen LogP contribution in [0.5, 0.6) is 0 Å². The molecule has 2 aromatic rings. The topological polar surface area (TPSA) is 68.0 Å². The summed E-state index contributed by atoms with van der Waals surface area (Å²) in [5.41, 5.74) is 0.416. The van der Waals surface area contributed by atoms with Gasteiger partial charge in [-0.1, -0.05) is 28.4 Å². The predicted molar refractivity (Wildman–Crippen MR) is 71.5 cm³/mol. The monoisotopic (exact) mass is 299 g/mol. The average molecular weight is 300 g/mol. The highest BCUT2D eigenvalue weighted by Gasteiger charge is 2.08. The Kier molecular flexibility index (Phi) is 4.39. The summed E-state index contributed by atoms with van der Waals surface area (Å²) in [6, 6.07) is 4.68. The van der Waals surface area contributed by atoms with Crippen LogP contribution in [0.15, 0.2) is 22.7 Å². The Balaban J connectivity index is 1.90. The van der Waals surface area contributed by atoms with E-state index in [1.165, 1.54) is 0 Å². The smallest absolute Gasteiger partial charge is 0.251 e. The molecule has 0 saturated carbocycles. The molecule has 0 spiro atoms. The molecule has 1 aromatic carbocycles. The first-order chi connectivity index (χ1) is 9.04. The molecule has 0 bridgehead atoms. The van der Waals surface area contributed by atoms with Crippen molar-refractivity contribution in [2.75, 3.05) is 6.54 Å². The van der Waals surface area contributed by atoms with Gasteiger partial charge in [-0.25, -0.2) is 0 Å². The minimum atomic E-state index is -0.249. The summed E-state index contributed by atoms with van der Waals surface area (Å²) in [5, 5.41) is 7.23. The average Bonchev–Trinajstić information content (AvgIpc) is 2.73. The fourth-order valence-corrected chi connectivity index (χ4v) is 2.04. The van der Waals surface area contributed by atoms with Crippen LogP contribution in [-0.2, 0) is 6.42 Å². The molecular formula is C12H11Cl2N3O2. The van der Waals surface area contributed by atoms with E-state index in [0.717, 1.165) is 0 Å². The van der Waals surface area contributed by atoms with Gasteiger partial charge in [0.15, 0.2) is 5.82 Å². The molecule has 19 heavy (non-hydrogen) atoms. The third kappa shape index (κ3) is 3.94. The van der Waals surface area contributed by atoms with Crippen LogP contribution in [-0.4, -0.2) is 22.6 Å². The summed E-state index contributed by atoms with van der Waals surface area (Å²) in [5.74, 6) is 0.811. The number of hydrogen-bond acceptors (Lipinski definition) is 4. The van der Waals surface area contributed by atoms with Crippen molar-refractivity contribution in [2.45, 2.75) is 13.3 Å². The lowest BCUT2D eigenvalue weighted by molar-refractivity contribution is 0.0953. The molecule has 7 heteroatoms. The van der Waals surface area contributed by atoms with Crippen LogP contribution >= 0.6 is 23.2 Å². The van der Waals surface area contributed by atoms with Gasteiger partial charge in [0.25, 0.3) is 5.91 Å². The second-order valence-electron chi connectivity index (χ2n) is 3.90. The van der Waals surface area contributed by atoms with Crippen LogP contribution in [0.2, 0.25) is 10.0 Å². The molecule has 0 aliphatic carbocycles. The highest BCUT2D eigenvalue weighted by Crippen LogP contribution is 2.18. The van der Waals surface area contributed by atoms with Crippen LogP contribution < -0.4 is 5.32 Å². The molecule has 1 heterocycles. The Morgan fingerprint density at radius 3 is 2.58 bits per heavy atom. The molecule has 0 unspecified atom stereocenters. The molecule has 100 valence electrons. The molecule has 0 atom stereocenters. The van der Waals surface area contributed by atoms with Crippen LogP contribution in [0.25, 0.3) is 0 Å². The van der Waals surface area contributed by atoms with E-state index in [-0.39, 0.29) is 5.91 Å². The SMILES string of the molecule is Cc1noc(CCNC(=O)c2cc(Cl)cc(Cl)c2)n1. The summed E-state index contributed by atoms with van der Waals surface area (Å²) in [7, 11) is 0. The van der Waals surface area contributed by atoms with E-state index >= 15 is 0 Å². The third-order valence-electron chi connectivity index (χ3n) is 2.32. The molecule has 0 aliphatic rings. The van der Waals surface area contributed by atoms with E-state index in [9.17, 15) is 4.79 Å². The maximum absolute atomic E-state index is 11.8. The number of nitrogens with zero attached hydrogens (tertiary/aromatic N) is 2. The highest BCUT2D eigenvalue weighted by molar-refractivity contribution is 6.35. The number of halogens is 2. The maximum Gasteiger partial charge on any atom is 0.251 e. The van der Waals surface area contributed by atoms with Gasteiger partial charge in [-0.3, -0.25) is 4.79 Å². The van der Waals surface area contributed by atoms with E-state index in [1.54, 1.807) is 25.1 Å². The second kappa shape index (κ2) is 6.04. The maximum atomic E-state index is 11.8. The minimum Gasteiger partial charge on any atom is -0.352 e. The number of rotatable bonds is 4. The Bertz CT molecular complexity index is 578. The lowest BCUT2D eigenvalue weighted by atomic mass is 10.2. The van der Waals surface area contributed by atoms with Gasteiger partial charge < -0.3 is 9.84 Å². The summed E-state index contributed by atoms with van der Waals surface area (Å²) < 4.78 is 4.94. The quantitative estimate of drug-likeness (QED) is 0.942. The van der Waals surface area contributed by atoms with Gasteiger partial charge in [-0.2, -0.15) is 4.98 Å². The molecule has 1 amide bonds. The zero-order valence-corrected chi connectivity index (χ0v) is 11.6. The van der Waals surface area contributed by atoms with Crippen molar-refractivity contribution in [3.8, 4) is 0 Å². The second-order valence-corrected chi connectivity index (χ2v) is 4.77. The number of hydrogen-bond donors (Lipinski definition) is 1. The Hall–Kier alpha value is -1.59. The molecule has 0 radical (unpaired) electrons. The van der Waals surface area contributed by atoms with E-state index in [1.807, 2.05) is 0 Å². The molecule has 0 aliphatic heterocycles. The standard InChI is InChI=1S/C12H11Cl2N3O2/c1-7-16-11(19-17-7)2-3-15-12(18)8-4-9(13)6-10(14)5-8/h4-6H,2-3H2,1H3,(H,15,18). The fraction of sp³-hybridized carbons (Fsp3) is 0.250. The van der Waals surface area contributed by atoms with E-state index in [4.69, 9.17) is 27.7 Å². The zero-order chi connectivity index (χ0) is 13.8. The van der Waals surface area contributed by atoms with Gasteiger partial charge in [0, 0.05) is 28.6 Å². The van der Waals surface area contributed by atoms with Crippen LogP contribution in [0.4, 0.5) is 0 Å². The number of benzene rings is 1. The first-order valence-electron chi connectivity index (χ1n) is 5.58. The van der Waals surface area contributed by atoms with Crippen molar-refractivity contribution in [3.05, 3.63) is 45.5 Å². The summed E-state index contributed by atoms with van der Waals surface area (Å²) >= 11 is 11.7. The van der Waals surface area contributed by atoms with E-state index in [2.05, 4.69) is 15.5 Å². The Morgan fingerprint density at radius 1 is 1.32 bits per heavy atom. The van der Waals surface area contributed by atoms with E-state index in [0.29, 0.717) is 40.3 Å². The van der Waals surface area contributed by atoms with Gasteiger partial charge in [0.2, 0.25) is 5.89 Å². The molecule has 5 nitrogen and oxygen atoms in total. The summed E-state index contributed by atoms with van der Waals surface area (Å²) in [6.07, 6.45) is 0.473. The van der Waals surface area contributed by atoms with Crippen molar-refractivity contribution in [1.29, 1.82) is 0 Å². The first kappa shape index (κ1) is 13.8. The minimum absolute atomic E-state index is 0.249. The van der Waals surface area contributed by atoms with Crippen molar-refractivity contribution >= 4 is 29.1 Å². The van der Waals surface area contributed by atoms with Gasteiger partial charge in [0.05, 0.1) is 0 Å². The predicted octanol–water partition coefficient (Wildman–Crippen LogP) is 2.66. The van der Waals surface area contributed by atoms with Gasteiger partial charge in [-0.15, -0.1) is 0 Å². The van der Waals surface area contributed by atoms with Gasteiger partial charge >= 0.3 is 0 Å². The summed E-state index contributed by atoms with van der Waals surface area (Å²) in [4.78, 5) is 15.9. The third-order valence-corrected chi connectivity index (χ3v) is 2.76. The number of amides is 1. The highest BCUT2D eigenvalue weighted by atomic mass is 35.5. The van der Waals surface area contributed by atoms with E-state index < -0.39 is 0 Å². The lowest BCUT2D eigenvalue weighted by Gasteiger charge is -2.04. The molecule has 0 saturated heterocycles. The number of nitrogens with one attached hydrogen (secondary N) is 1. The van der Waals surface area contributed by atoms with Gasteiger partial charge in [-0.05, 0) is 25.1 Å². The molecule has 1 N–H and O–H groups in total. The van der Waals surface area contributed by atoms with Crippen molar-refractivity contribution in [1.82, 2.24) is 15.5 Å². The first-order valence-corrected chi connectivity index (χ1v) is 6.33. The van der Waals surface area contributed by atoms with Crippen molar-refractivity contribution < 1.29 is 9.32 Å².